The van der Waals surface area contributed by atoms with Crippen molar-refractivity contribution in [2.45, 2.75) is 40.0 Å². The van der Waals surface area contributed by atoms with Crippen LogP contribution >= 0.6 is 0 Å². The Morgan fingerprint density at radius 2 is 1.72 bits per heavy atom. The highest BCUT2D eigenvalue weighted by Crippen LogP contribution is 2.50. The van der Waals surface area contributed by atoms with Crippen LogP contribution in [0.2, 0.25) is 0 Å². The third kappa shape index (κ3) is 2.55. The van der Waals surface area contributed by atoms with Gasteiger partial charge in [-0.2, -0.15) is 0 Å². The molecule has 0 aliphatic heterocycles. The number of rotatable bonds is 2. The molecule has 1 saturated carbocycles. The largest absolute Gasteiger partial charge is 0.300 e. The number of benzene rings is 1. The summed E-state index contributed by atoms with van der Waals surface area (Å²) in [4.78, 5) is 12.0. The first-order valence-corrected chi connectivity index (χ1v) is 6.59. The van der Waals surface area contributed by atoms with Gasteiger partial charge in [0.1, 0.15) is 5.78 Å². The molecule has 1 unspecified atom stereocenters. The average Bonchev–Trinajstić information content (AvgIpc) is 2.26. The molecule has 0 saturated heterocycles. The van der Waals surface area contributed by atoms with Crippen LogP contribution in [0, 0.1) is 10.8 Å². The van der Waals surface area contributed by atoms with E-state index in [9.17, 15) is 4.79 Å². The third-order valence-corrected chi connectivity index (χ3v) is 3.98. The van der Waals surface area contributed by atoms with Gasteiger partial charge in [0, 0.05) is 12.8 Å². The Hall–Kier alpha value is -1.37. The number of carbonyl (C=O) groups is 1. The van der Waals surface area contributed by atoms with E-state index in [-0.39, 0.29) is 10.8 Å². The second-order valence-corrected chi connectivity index (χ2v) is 6.64. The van der Waals surface area contributed by atoms with Gasteiger partial charge in [-0.25, -0.2) is 0 Å². The van der Waals surface area contributed by atoms with Gasteiger partial charge in [-0.15, -0.1) is 0 Å². The molecule has 0 bridgehead atoms. The molecule has 1 fully saturated rings. The quantitative estimate of drug-likeness (QED) is 0.747. The molecule has 1 aromatic carbocycles. The number of Topliss-reactive ketones (excluding diaryl/α,β-unsaturated/α-hetero) is 1. The molecule has 0 radical (unpaired) electrons. The minimum atomic E-state index is -0.0970. The first-order valence-electron chi connectivity index (χ1n) is 6.59. The molecule has 0 aromatic heterocycles. The predicted molar refractivity (Wildman–Crippen MR) is 76.2 cm³/mol. The topological polar surface area (TPSA) is 17.1 Å². The van der Waals surface area contributed by atoms with Gasteiger partial charge < -0.3 is 0 Å². The van der Waals surface area contributed by atoms with Crippen LogP contribution in [0.15, 0.2) is 36.9 Å². The summed E-state index contributed by atoms with van der Waals surface area (Å²) in [6, 6.07) is 10.2. The summed E-state index contributed by atoms with van der Waals surface area (Å²) in [5, 5.41) is 0. The molecule has 1 aliphatic rings. The van der Waals surface area contributed by atoms with Crippen LogP contribution in [0.25, 0.3) is 5.57 Å². The number of ketones is 1. The second kappa shape index (κ2) is 4.38. The van der Waals surface area contributed by atoms with Crippen LogP contribution in [-0.2, 0) is 4.79 Å². The van der Waals surface area contributed by atoms with Crippen molar-refractivity contribution >= 4 is 11.4 Å². The first kappa shape index (κ1) is 13.1. The molecule has 0 spiro atoms. The fourth-order valence-electron chi connectivity index (χ4n) is 3.41. The van der Waals surface area contributed by atoms with Crippen molar-refractivity contribution in [3.63, 3.8) is 0 Å². The molecule has 0 heterocycles. The van der Waals surface area contributed by atoms with Crippen LogP contribution in [-0.4, -0.2) is 5.78 Å². The SMILES string of the molecule is C=C(c1ccccc1)C1(C)CC(=O)CC(C)(C)C1. The predicted octanol–water partition coefficient (Wildman–Crippen LogP) is 4.49. The van der Waals surface area contributed by atoms with E-state index >= 15 is 0 Å². The van der Waals surface area contributed by atoms with Gasteiger partial charge in [-0.3, -0.25) is 4.79 Å². The van der Waals surface area contributed by atoms with Gasteiger partial charge in [0.25, 0.3) is 0 Å². The van der Waals surface area contributed by atoms with Gasteiger partial charge in [-0.05, 0) is 28.4 Å². The van der Waals surface area contributed by atoms with Crippen molar-refractivity contribution in [2.24, 2.45) is 10.8 Å². The van der Waals surface area contributed by atoms with E-state index in [1.165, 1.54) is 0 Å². The Morgan fingerprint density at radius 3 is 2.28 bits per heavy atom. The van der Waals surface area contributed by atoms with E-state index in [1.807, 2.05) is 18.2 Å². The fourth-order valence-corrected chi connectivity index (χ4v) is 3.41. The van der Waals surface area contributed by atoms with Crippen LogP contribution in [0.1, 0.15) is 45.6 Å². The minimum Gasteiger partial charge on any atom is -0.300 e. The van der Waals surface area contributed by atoms with E-state index in [0.29, 0.717) is 18.6 Å². The summed E-state index contributed by atoms with van der Waals surface area (Å²) in [6.07, 6.45) is 2.36. The minimum absolute atomic E-state index is 0.0851. The third-order valence-electron chi connectivity index (χ3n) is 3.98. The van der Waals surface area contributed by atoms with Crippen molar-refractivity contribution in [1.82, 2.24) is 0 Å². The Kier molecular flexibility index (Phi) is 3.18. The Bertz CT molecular complexity index is 470. The highest BCUT2D eigenvalue weighted by molar-refractivity contribution is 5.84. The van der Waals surface area contributed by atoms with Gasteiger partial charge in [0.2, 0.25) is 0 Å². The van der Waals surface area contributed by atoms with Crippen LogP contribution in [0.5, 0.6) is 0 Å². The fraction of sp³-hybridized carbons (Fsp3) is 0.471. The highest BCUT2D eigenvalue weighted by atomic mass is 16.1. The van der Waals surface area contributed by atoms with Gasteiger partial charge >= 0.3 is 0 Å². The maximum Gasteiger partial charge on any atom is 0.134 e. The lowest BCUT2D eigenvalue weighted by Crippen LogP contribution is -2.36. The summed E-state index contributed by atoms with van der Waals surface area (Å²) in [7, 11) is 0. The Balaban J connectivity index is 2.31. The average molecular weight is 242 g/mol. The zero-order valence-corrected chi connectivity index (χ0v) is 11.6. The molecular weight excluding hydrogens is 220 g/mol. The maximum absolute atomic E-state index is 12.0. The molecule has 0 amide bonds. The van der Waals surface area contributed by atoms with E-state index in [4.69, 9.17) is 0 Å². The van der Waals surface area contributed by atoms with Crippen LogP contribution < -0.4 is 0 Å². The standard InChI is InChI=1S/C17H22O/c1-13(14-8-6-5-7-9-14)17(4)11-15(18)10-16(2,3)12-17/h5-9H,1,10-12H2,2-4H3. The first-order chi connectivity index (χ1) is 8.32. The van der Waals surface area contributed by atoms with Crippen molar-refractivity contribution in [1.29, 1.82) is 0 Å². The molecule has 18 heavy (non-hydrogen) atoms. The molecule has 96 valence electrons. The van der Waals surface area contributed by atoms with E-state index in [2.05, 4.69) is 39.5 Å². The second-order valence-electron chi connectivity index (χ2n) is 6.64. The summed E-state index contributed by atoms with van der Waals surface area (Å²) < 4.78 is 0. The molecule has 1 nitrogen and oxygen atoms in total. The summed E-state index contributed by atoms with van der Waals surface area (Å²) in [5.41, 5.74) is 2.25. The highest BCUT2D eigenvalue weighted by Gasteiger charge is 2.42. The lowest BCUT2D eigenvalue weighted by molar-refractivity contribution is -0.125. The summed E-state index contributed by atoms with van der Waals surface area (Å²) >= 11 is 0. The lowest BCUT2D eigenvalue weighted by atomic mass is 9.60. The van der Waals surface area contributed by atoms with Gasteiger partial charge in [0.05, 0.1) is 0 Å². The molecule has 1 aliphatic carbocycles. The maximum atomic E-state index is 12.0. The van der Waals surface area contributed by atoms with Crippen molar-refractivity contribution in [3.8, 4) is 0 Å². The smallest absolute Gasteiger partial charge is 0.134 e. The normalized spacial score (nSPS) is 26.9. The van der Waals surface area contributed by atoms with Crippen molar-refractivity contribution < 1.29 is 4.79 Å². The number of hydrogen-bond acceptors (Lipinski definition) is 1. The molecule has 0 N–H and O–H groups in total. The monoisotopic (exact) mass is 242 g/mol. The number of allylic oxidation sites excluding steroid dienone is 1. The van der Waals surface area contributed by atoms with Crippen molar-refractivity contribution in [2.75, 3.05) is 0 Å². The molecule has 2 rings (SSSR count). The number of carbonyl (C=O) groups excluding carboxylic acids is 1. The summed E-state index contributed by atoms with van der Waals surface area (Å²) in [5.74, 6) is 0.367. The molecule has 1 aromatic rings. The Labute approximate surface area is 110 Å². The molecule has 1 atom stereocenters. The van der Waals surface area contributed by atoms with Gasteiger partial charge in [-0.1, -0.05) is 57.7 Å². The van der Waals surface area contributed by atoms with E-state index in [1.54, 1.807) is 0 Å². The molecular formula is C17H22O. The van der Waals surface area contributed by atoms with E-state index in [0.717, 1.165) is 17.6 Å². The van der Waals surface area contributed by atoms with Crippen molar-refractivity contribution in [3.05, 3.63) is 42.5 Å². The molecule has 1 heteroatoms. The zero-order valence-electron chi connectivity index (χ0n) is 11.6. The van der Waals surface area contributed by atoms with Gasteiger partial charge in [0.15, 0.2) is 0 Å². The number of hydrogen-bond donors (Lipinski definition) is 0. The van der Waals surface area contributed by atoms with E-state index < -0.39 is 0 Å². The summed E-state index contributed by atoms with van der Waals surface area (Å²) in [6.45, 7) is 10.8. The van der Waals surface area contributed by atoms with Crippen LogP contribution in [0.4, 0.5) is 0 Å². The Morgan fingerprint density at radius 1 is 1.11 bits per heavy atom. The lowest BCUT2D eigenvalue weighted by Gasteiger charge is -2.43. The van der Waals surface area contributed by atoms with Crippen LogP contribution in [0.3, 0.4) is 0 Å². The zero-order chi connectivity index (χ0) is 13.4.